The van der Waals surface area contributed by atoms with Gasteiger partial charge in [-0.3, -0.25) is 0 Å². The number of rotatable bonds is 9. The van der Waals surface area contributed by atoms with Crippen molar-refractivity contribution in [1.82, 2.24) is 10.0 Å². The summed E-state index contributed by atoms with van der Waals surface area (Å²) in [6.07, 6.45) is 0.902. The zero-order valence-electron chi connectivity index (χ0n) is 24.6. The van der Waals surface area contributed by atoms with Crippen LogP contribution < -0.4 is 20.9 Å². The first-order chi connectivity index (χ1) is 22.3. The molecule has 0 spiro atoms. The molecule has 0 saturated carbocycles. The number of urea groups is 2. The van der Waals surface area contributed by atoms with Crippen molar-refractivity contribution in [2.45, 2.75) is 24.9 Å². The van der Waals surface area contributed by atoms with Gasteiger partial charge in [0.15, 0.2) is 0 Å². The second kappa shape index (κ2) is 13.5. The lowest BCUT2D eigenvalue weighted by Gasteiger charge is -2.23. The smallest absolute Gasteiger partial charge is 0.335 e. The first kappa shape index (κ1) is 30.9. The topological polar surface area (TPSA) is 136 Å². The summed E-state index contributed by atoms with van der Waals surface area (Å²) in [6.45, 7) is 0.409. The van der Waals surface area contributed by atoms with E-state index in [2.05, 4.69) is 10.2 Å². The molecule has 2 aliphatic rings. The van der Waals surface area contributed by atoms with Gasteiger partial charge < -0.3 is 20.9 Å². The van der Waals surface area contributed by atoms with Crippen LogP contribution in [0.5, 0.6) is 11.5 Å². The number of nitrogens with two attached hydrogens (primary N) is 2. The molecule has 4 aromatic rings. The fourth-order valence-electron chi connectivity index (χ4n) is 5.62. The highest BCUT2D eigenvalue weighted by molar-refractivity contribution is 6.31. The zero-order valence-corrected chi connectivity index (χ0v) is 26.1. The minimum atomic E-state index is -0.663. The van der Waals surface area contributed by atoms with Crippen molar-refractivity contribution in [1.29, 1.82) is 0 Å². The number of halogens is 2. The molecule has 234 valence electrons. The van der Waals surface area contributed by atoms with Gasteiger partial charge in [-0.05, 0) is 47.5 Å². The molecule has 46 heavy (non-hydrogen) atoms. The number of ether oxygens (including phenoxy) is 2. The van der Waals surface area contributed by atoms with Gasteiger partial charge in [0.05, 0.1) is 23.5 Å². The Morgan fingerprint density at radius 2 is 1.00 bits per heavy atom. The lowest BCUT2D eigenvalue weighted by molar-refractivity contribution is 0.186. The Morgan fingerprint density at radius 3 is 1.37 bits per heavy atom. The summed E-state index contributed by atoms with van der Waals surface area (Å²) in [6, 6.07) is 27.3. The number of hydrogen-bond acceptors (Lipinski definition) is 6. The molecule has 6 rings (SSSR count). The van der Waals surface area contributed by atoms with Crippen LogP contribution in [0.3, 0.4) is 0 Å². The van der Waals surface area contributed by atoms with E-state index >= 15 is 0 Å². The van der Waals surface area contributed by atoms with Gasteiger partial charge in [0.1, 0.15) is 24.7 Å². The fraction of sp³-hybridized carbons (Fsp3) is 0.176. The summed E-state index contributed by atoms with van der Waals surface area (Å²) in [5.74, 6) is 1.17. The number of hydrazone groups is 2. The van der Waals surface area contributed by atoms with Gasteiger partial charge in [0, 0.05) is 34.0 Å². The summed E-state index contributed by atoms with van der Waals surface area (Å²) in [5, 5.41) is 12.8. The largest absolute Gasteiger partial charge is 0.490 e. The van der Waals surface area contributed by atoms with Gasteiger partial charge in [0.2, 0.25) is 0 Å². The van der Waals surface area contributed by atoms with Crippen LogP contribution in [-0.4, -0.2) is 46.7 Å². The van der Waals surface area contributed by atoms with Gasteiger partial charge in [-0.1, -0.05) is 83.9 Å². The van der Waals surface area contributed by atoms with Crippen molar-refractivity contribution < 1.29 is 19.1 Å². The molecule has 2 unspecified atom stereocenters. The van der Waals surface area contributed by atoms with Crippen molar-refractivity contribution in [3.63, 3.8) is 0 Å². The number of primary amides is 2. The van der Waals surface area contributed by atoms with Crippen LogP contribution >= 0.6 is 23.2 Å². The number of hydrogen-bond donors (Lipinski definition) is 2. The van der Waals surface area contributed by atoms with Crippen LogP contribution in [0, 0.1) is 0 Å². The van der Waals surface area contributed by atoms with Gasteiger partial charge in [-0.25, -0.2) is 19.6 Å². The van der Waals surface area contributed by atoms with Gasteiger partial charge in [-0.15, -0.1) is 0 Å². The van der Waals surface area contributed by atoms with Crippen LogP contribution in [0.4, 0.5) is 9.59 Å². The third kappa shape index (κ3) is 6.63. The summed E-state index contributed by atoms with van der Waals surface area (Å²) in [5.41, 5.74) is 16.1. The molecule has 10 nitrogen and oxygen atoms in total. The Bertz CT molecular complexity index is 1680. The molecule has 0 bridgehead atoms. The highest BCUT2D eigenvalue weighted by Gasteiger charge is 2.35. The van der Waals surface area contributed by atoms with Crippen molar-refractivity contribution in [3.8, 4) is 11.5 Å². The van der Waals surface area contributed by atoms with Crippen molar-refractivity contribution in [3.05, 3.63) is 129 Å². The van der Waals surface area contributed by atoms with E-state index in [1.54, 1.807) is 24.3 Å². The Morgan fingerprint density at radius 1 is 0.630 bits per heavy atom. The average Bonchev–Trinajstić information content (AvgIpc) is 3.71. The van der Waals surface area contributed by atoms with E-state index in [1.807, 2.05) is 72.8 Å². The van der Waals surface area contributed by atoms with Crippen LogP contribution in [0.2, 0.25) is 10.0 Å². The van der Waals surface area contributed by atoms with Crippen LogP contribution in [0.25, 0.3) is 0 Å². The van der Waals surface area contributed by atoms with Crippen molar-refractivity contribution in [2.24, 2.45) is 21.7 Å². The molecule has 2 aliphatic heterocycles. The Hall–Kier alpha value is -5.06. The van der Waals surface area contributed by atoms with E-state index in [1.165, 1.54) is 10.0 Å². The number of carbonyl (C=O) groups is 2. The van der Waals surface area contributed by atoms with Crippen LogP contribution in [-0.2, 0) is 0 Å². The lowest BCUT2D eigenvalue weighted by Crippen LogP contribution is -2.32. The van der Waals surface area contributed by atoms with Crippen molar-refractivity contribution in [2.75, 3.05) is 13.2 Å². The molecule has 2 heterocycles. The minimum Gasteiger partial charge on any atom is -0.490 e. The summed E-state index contributed by atoms with van der Waals surface area (Å²) < 4.78 is 12.4. The normalized spacial score (nSPS) is 17.4. The molecule has 4 aromatic carbocycles. The number of amides is 4. The second-order valence-corrected chi connectivity index (χ2v) is 11.6. The number of para-hydroxylation sites is 2. The molecule has 0 aromatic heterocycles. The van der Waals surface area contributed by atoms with Gasteiger partial charge >= 0.3 is 12.1 Å². The summed E-state index contributed by atoms with van der Waals surface area (Å²) in [7, 11) is 0. The number of benzene rings is 4. The minimum absolute atomic E-state index is 0.205. The zero-order chi connectivity index (χ0) is 32.2. The molecule has 0 radical (unpaired) electrons. The maximum atomic E-state index is 12.4. The molecule has 0 aliphatic carbocycles. The van der Waals surface area contributed by atoms with E-state index in [4.69, 9.17) is 44.1 Å². The second-order valence-electron chi connectivity index (χ2n) is 10.7. The van der Waals surface area contributed by atoms with Gasteiger partial charge in [-0.2, -0.15) is 10.2 Å². The highest BCUT2D eigenvalue weighted by Crippen LogP contribution is 2.39. The SMILES string of the molecule is NC(=O)N1N=C(c2ccc(Cl)cc2)CC1c1ccccc1OCCOc1ccccc1C1CC(c2ccc(Cl)cc2)=NN1C(N)=O. The Balaban J connectivity index is 1.14. The van der Waals surface area contributed by atoms with E-state index in [-0.39, 0.29) is 13.2 Å². The Kier molecular flexibility index (Phi) is 9.09. The predicted molar refractivity (Wildman–Crippen MR) is 177 cm³/mol. The lowest BCUT2D eigenvalue weighted by atomic mass is 9.98. The quantitative estimate of drug-likeness (QED) is 0.189. The molecule has 0 fully saturated rings. The molecule has 4 amide bonds. The van der Waals surface area contributed by atoms with E-state index in [9.17, 15) is 9.59 Å². The highest BCUT2D eigenvalue weighted by atomic mass is 35.5. The predicted octanol–water partition coefficient (Wildman–Crippen LogP) is 6.91. The standard InChI is InChI=1S/C34H30Cl2N6O4/c35-23-13-9-21(10-14-23)27-19-29(41(39-27)33(37)43)25-5-1-3-7-31(25)45-17-18-46-32-8-4-2-6-26(32)30-20-28(40-42(30)34(38)44)22-11-15-24(36)16-12-22/h1-16,29-30H,17-20H2,(H2,37,43)(H2,38,44). The molecule has 4 N–H and O–H groups in total. The number of nitrogens with zero attached hydrogens (tertiary/aromatic N) is 4. The number of carbonyl (C=O) groups excluding carboxylic acids is 2. The van der Waals surface area contributed by atoms with E-state index < -0.39 is 24.1 Å². The molecule has 2 atom stereocenters. The van der Waals surface area contributed by atoms with Gasteiger partial charge in [0.25, 0.3) is 0 Å². The first-order valence-corrected chi connectivity index (χ1v) is 15.3. The molecular formula is C34H30Cl2N6O4. The first-order valence-electron chi connectivity index (χ1n) is 14.6. The maximum absolute atomic E-state index is 12.4. The molecule has 0 saturated heterocycles. The summed E-state index contributed by atoms with van der Waals surface area (Å²) in [4.78, 5) is 24.8. The van der Waals surface area contributed by atoms with Crippen LogP contribution in [0.15, 0.2) is 107 Å². The van der Waals surface area contributed by atoms with Crippen LogP contribution in [0.1, 0.15) is 47.2 Å². The third-order valence-electron chi connectivity index (χ3n) is 7.78. The van der Waals surface area contributed by atoms with E-state index in [0.29, 0.717) is 34.4 Å². The van der Waals surface area contributed by atoms with Crippen molar-refractivity contribution >= 4 is 46.7 Å². The van der Waals surface area contributed by atoms with E-state index in [0.717, 1.165) is 33.7 Å². The Labute approximate surface area is 275 Å². The average molecular weight is 658 g/mol. The third-order valence-corrected chi connectivity index (χ3v) is 8.29. The molecular weight excluding hydrogens is 627 g/mol. The monoisotopic (exact) mass is 656 g/mol. The maximum Gasteiger partial charge on any atom is 0.335 e. The molecule has 12 heteroatoms. The summed E-state index contributed by atoms with van der Waals surface area (Å²) >= 11 is 12.1. The fourth-order valence-corrected chi connectivity index (χ4v) is 5.87.